The van der Waals surface area contributed by atoms with Crippen molar-refractivity contribution in [2.75, 3.05) is 26.1 Å². The number of halogens is 2. The maximum atomic E-state index is 13.0. The lowest BCUT2D eigenvalue weighted by atomic mass is 10.1. The zero-order valence-electron chi connectivity index (χ0n) is 19.6. The van der Waals surface area contributed by atoms with Crippen LogP contribution >= 0.6 is 23.2 Å². The lowest BCUT2D eigenvalue weighted by Gasteiger charge is -2.15. The SMILES string of the molecule is COCCOC(=O)CS(=O)(=O)c1ccc([C@@H](C)NC(=O)c2cc3c(Cl)c(Cl)c(C)nc3n2C)cc1. The van der Waals surface area contributed by atoms with E-state index in [-0.39, 0.29) is 24.0 Å². The van der Waals surface area contributed by atoms with Gasteiger partial charge in [0.15, 0.2) is 15.6 Å². The van der Waals surface area contributed by atoms with Crippen molar-refractivity contribution in [1.82, 2.24) is 14.9 Å². The normalized spacial score (nSPS) is 12.5. The molecule has 9 nitrogen and oxygen atoms in total. The number of pyridine rings is 1. The third-order valence-corrected chi connectivity index (χ3v) is 7.96. The monoisotopic (exact) mass is 541 g/mol. The van der Waals surface area contributed by atoms with Gasteiger partial charge < -0.3 is 19.4 Å². The van der Waals surface area contributed by atoms with Gasteiger partial charge in [-0.1, -0.05) is 35.3 Å². The summed E-state index contributed by atoms with van der Waals surface area (Å²) in [6.07, 6.45) is 0. The van der Waals surface area contributed by atoms with Crippen LogP contribution in [0.5, 0.6) is 0 Å². The van der Waals surface area contributed by atoms with E-state index in [1.807, 2.05) is 0 Å². The van der Waals surface area contributed by atoms with E-state index in [1.165, 1.54) is 19.2 Å². The number of ether oxygens (including phenoxy) is 2. The quantitative estimate of drug-likeness (QED) is 0.324. The van der Waals surface area contributed by atoms with Crippen molar-refractivity contribution in [3.8, 4) is 0 Å². The number of carbonyl (C=O) groups is 2. The second-order valence-corrected chi connectivity index (χ2v) is 10.6. The molecule has 0 saturated carbocycles. The van der Waals surface area contributed by atoms with Crippen molar-refractivity contribution in [3.63, 3.8) is 0 Å². The number of aryl methyl sites for hydroxylation is 2. The number of benzene rings is 1. The summed E-state index contributed by atoms with van der Waals surface area (Å²) < 4.78 is 36.2. The Bertz CT molecular complexity index is 1370. The number of methoxy groups -OCH3 is 1. The highest BCUT2D eigenvalue weighted by Crippen LogP contribution is 2.33. The number of esters is 1. The summed E-state index contributed by atoms with van der Waals surface area (Å²) in [6.45, 7) is 3.66. The Morgan fingerprint density at radius 1 is 1.14 bits per heavy atom. The van der Waals surface area contributed by atoms with E-state index in [1.54, 1.807) is 43.7 Å². The second-order valence-electron chi connectivity index (χ2n) is 7.89. The zero-order chi connectivity index (χ0) is 25.9. The van der Waals surface area contributed by atoms with Gasteiger partial charge in [0.1, 0.15) is 17.9 Å². The zero-order valence-corrected chi connectivity index (χ0v) is 21.9. The Morgan fingerprint density at radius 3 is 2.43 bits per heavy atom. The molecule has 0 fully saturated rings. The topological polar surface area (TPSA) is 117 Å². The predicted octanol–water partition coefficient (Wildman–Crippen LogP) is 3.64. The highest BCUT2D eigenvalue weighted by atomic mass is 35.5. The first-order chi connectivity index (χ1) is 16.5. The lowest BCUT2D eigenvalue weighted by Crippen LogP contribution is -2.28. The lowest BCUT2D eigenvalue weighted by molar-refractivity contribution is -0.141. The van der Waals surface area contributed by atoms with Gasteiger partial charge in [0.2, 0.25) is 0 Å². The van der Waals surface area contributed by atoms with Crippen LogP contribution in [0.2, 0.25) is 10.0 Å². The van der Waals surface area contributed by atoms with Crippen molar-refractivity contribution in [2.45, 2.75) is 24.8 Å². The third-order valence-electron chi connectivity index (χ3n) is 5.40. The summed E-state index contributed by atoms with van der Waals surface area (Å²) in [4.78, 5) is 29.1. The van der Waals surface area contributed by atoms with E-state index in [2.05, 4.69) is 10.3 Å². The standard InChI is InChI=1S/C23H25Cl2N3O6S/c1-13(15-5-7-16(8-6-15)35(31,32)12-19(29)34-10-9-33-4)27-23(30)18-11-17-21(25)20(24)14(2)26-22(17)28(18)3/h5-8,11,13H,9-10,12H2,1-4H3,(H,27,30)/t13-/m1/s1. The fourth-order valence-electron chi connectivity index (χ4n) is 3.43. The summed E-state index contributed by atoms with van der Waals surface area (Å²) in [5, 5.41) is 4.12. The Balaban J connectivity index is 1.72. The molecular weight excluding hydrogens is 517 g/mol. The summed E-state index contributed by atoms with van der Waals surface area (Å²) in [5.74, 6) is -1.99. The summed E-state index contributed by atoms with van der Waals surface area (Å²) in [5.41, 5.74) is 2.11. The van der Waals surface area contributed by atoms with Gasteiger partial charge in [0.25, 0.3) is 5.91 Å². The van der Waals surface area contributed by atoms with E-state index in [9.17, 15) is 18.0 Å². The van der Waals surface area contributed by atoms with Crippen LogP contribution in [0.1, 0.15) is 34.7 Å². The molecule has 35 heavy (non-hydrogen) atoms. The number of amides is 1. The number of aromatic nitrogens is 2. The van der Waals surface area contributed by atoms with Crippen LogP contribution in [0.25, 0.3) is 11.0 Å². The molecule has 0 aliphatic carbocycles. The van der Waals surface area contributed by atoms with Gasteiger partial charge in [-0.15, -0.1) is 0 Å². The molecule has 2 aromatic heterocycles. The van der Waals surface area contributed by atoms with Gasteiger partial charge in [-0.2, -0.15) is 0 Å². The number of sulfone groups is 1. The van der Waals surface area contributed by atoms with Crippen LogP contribution in [0.3, 0.4) is 0 Å². The molecule has 0 unspecified atom stereocenters. The molecule has 0 bridgehead atoms. The molecule has 1 amide bonds. The van der Waals surface area contributed by atoms with E-state index in [0.717, 1.165) is 0 Å². The summed E-state index contributed by atoms with van der Waals surface area (Å²) in [7, 11) is -0.721. The molecule has 0 saturated heterocycles. The number of nitrogens with zero attached hydrogens (tertiary/aromatic N) is 2. The van der Waals surface area contributed by atoms with Crippen LogP contribution in [0.4, 0.5) is 0 Å². The first-order valence-corrected chi connectivity index (χ1v) is 13.0. The molecule has 1 N–H and O–H groups in total. The number of hydrogen-bond donors (Lipinski definition) is 1. The first-order valence-electron chi connectivity index (χ1n) is 10.6. The van der Waals surface area contributed by atoms with Crippen molar-refractivity contribution < 1.29 is 27.5 Å². The van der Waals surface area contributed by atoms with Crippen LogP contribution < -0.4 is 5.32 Å². The maximum Gasteiger partial charge on any atom is 0.321 e. The van der Waals surface area contributed by atoms with Crippen LogP contribution in [0, 0.1) is 6.92 Å². The number of hydrogen-bond acceptors (Lipinski definition) is 7. The minimum Gasteiger partial charge on any atom is -0.462 e. The van der Waals surface area contributed by atoms with E-state index in [0.29, 0.717) is 38.0 Å². The van der Waals surface area contributed by atoms with Crippen molar-refractivity contribution in [1.29, 1.82) is 0 Å². The average molecular weight is 542 g/mol. The van der Waals surface area contributed by atoms with Gasteiger partial charge in [-0.05, 0) is 37.6 Å². The van der Waals surface area contributed by atoms with Gasteiger partial charge >= 0.3 is 5.97 Å². The molecule has 1 atom stereocenters. The molecule has 2 heterocycles. The van der Waals surface area contributed by atoms with Crippen LogP contribution in [-0.4, -0.2) is 55.9 Å². The molecule has 0 radical (unpaired) electrons. The predicted molar refractivity (Wildman–Crippen MR) is 133 cm³/mol. The fraction of sp³-hybridized carbons (Fsp3) is 0.348. The Morgan fingerprint density at radius 2 is 1.80 bits per heavy atom. The van der Waals surface area contributed by atoms with E-state index in [4.69, 9.17) is 32.7 Å². The highest BCUT2D eigenvalue weighted by molar-refractivity contribution is 7.92. The molecule has 3 aromatic rings. The van der Waals surface area contributed by atoms with Crippen molar-refractivity contribution in [3.05, 3.63) is 57.3 Å². The molecule has 3 rings (SSSR count). The Hall–Kier alpha value is -2.66. The van der Waals surface area contributed by atoms with Crippen LogP contribution in [-0.2, 0) is 31.2 Å². The summed E-state index contributed by atoms with van der Waals surface area (Å²) in [6, 6.07) is 7.13. The summed E-state index contributed by atoms with van der Waals surface area (Å²) >= 11 is 12.5. The third kappa shape index (κ3) is 5.95. The van der Waals surface area contributed by atoms with Gasteiger partial charge in [-0.25, -0.2) is 13.4 Å². The molecule has 12 heteroatoms. The number of rotatable bonds is 9. The first kappa shape index (κ1) is 26.9. The Labute approximate surface area is 213 Å². The second kappa shape index (κ2) is 10.9. The molecule has 0 aliphatic rings. The van der Waals surface area contributed by atoms with Crippen molar-refractivity contribution in [2.24, 2.45) is 7.05 Å². The molecule has 1 aromatic carbocycles. The number of nitrogens with one attached hydrogen (secondary N) is 1. The van der Waals surface area contributed by atoms with Gasteiger partial charge in [0, 0.05) is 19.5 Å². The van der Waals surface area contributed by atoms with Gasteiger partial charge in [0.05, 0.1) is 33.3 Å². The minimum atomic E-state index is -3.87. The largest absolute Gasteiger partial charge is 0.462 e. The number of carbonyl (C=O) groups excluding carboxylic acids is 2. The molecule has 0 aliphatic heterocycles. The molecule has 188 valence electrons. The number of fused-ring (bicyclic) bond motifs is 1. The Kier molecular flexibility index (Phi) is 8.42. The smallest absolute Gasteiger partial charge is 0.321 e. The van der Waals surface area contributed by atoms with E-state index < -0.39 is 27.6 Å². The minimum absolute atomic E-state index is 0.0212. The highest BCUT2D eigenvalue weighted by Gasteiger charge is 2.22. The maximum absolute atomic E-state index is 13.0. The average Bonchev–Trinajstić information content (AvgIpc) is 3.14. The molecular formula is C23H25Cl2N3O6S. The fourth-order valence-corrected chi connectivity index (χ4v) is 4.96. The van der Waals surface area contributed by atoms with Crippen LogP contribution in [0.15, 0.2) is 35.2 Å². The van der Waals surface area contributed by atoms with Gasteiger partial charge in [-0.3, -0.25) is 9.59 Å². The molecule has 0 spiro atoms. The van der Waals surface area contributed by atoms with Crippen molar-refractivity contribution >= 4 is 55.9 Å². The van der Waals surface area contributed by atoms with E-state index >= 15 is 0 Å².